The van der Waals surface area contributed by atoms with Crippen molar-refractivity contribution in [1.82, 2.24) is 19.9 Å². The number of aromatic nitrogens is 3. The molecule has 4 aromatic rings. The van der Waals surface area contributed by atoms with Crippen molar-refractivity contribution >= 4 is 16.2 Å². The molecule has 0 atom stereocenters. The number of para-hydroxylation sites is 1. The van der Waals surface area contributed by atoms with Crippen molar-refractivity contribution in [3.63, 3.8) is 0 Å². The molecular weight excluding hydrogens is 572 g/mol. The smallest absolute Gasteiger partial charge is 0.296 e. The minimum Gasteiger partial charge on any atom is -0.494 e. The van der Waals surface area contributed by atoms with E-state index in [0.717, 1.165) is 30.5 Å². The average Bonchev–Trinajstić information content (AvgIpc) is 3.80. The van der Waals surface area contributed by atoms with Crippen LogP contribution in [0.4, 0.5) is 0 Å². The zero-order valence-electron chi connectivity index (χ0n) is 24.0. The number of sulfone groups is 1. The van der Waals surface area contributed by atoms with Gasteiger partial charge in [0.2, 0.25) is 22.1 Å². The van der Waals surface area contributed by atoms with Crippen LogP contribution in [0.3, 0.4) is 0 Å². The summed E-state index contributed by atoms with van der Waals surface area (Å²) in [7, 11) is -1.65. The van der Waals surface area contributed by atoms with Crippen molar-refractivity contribution in [2.45, 2.75) is 54.4 Å². The first-order chi connectivity index (χ1) is 20.7. The van der Waals surface area contributed by atoms with Crippen molar-refractivity contribution in [2.24, 2.45) is 0 Å². The first-order valence-corrected chi connectivity index (χ1v) is 15.3. The van der Waals surface area contributed by atoms with Crippen LogP contribution in [0.5, 0.6) is 17.4 Å². The maximum atomic E-state index is 13.9. The lowest BCUT2D eigenvalue weighted by atomic mass is 10.0. The zero-order chi connectivity index (χ0) is 30.8. The molecule has 43 heavy (non-hydrogen) atoms. The normalized spacial score (nSPS) is 13.7. The number of hydrogen-bond acceptors (Lipinski definition) is 9. The Bertz CT molecular complexity index is 1810. The Hall–Kier alpha value is -4.71. The van der Waals surface area contributed by atoms with Gasteiger partial charge in [0, 0.05) is 12.6 Å². The summed E-state index contributed by atoms with van der Waals surface area (Å²) in [6.07, 6.45) is 5.59. The summed E-state index contributed by atoms with van der Waals surface area (Å²) in [6.45, 7) is 1.97. The predicted octanol–water partition coefficient (Wildman–Crippen LogP) is 3.93. The highest BCUT2D eigenvalue weighted by Gasteiger charge is 2.45. The highest BCUT2D eigenvalue weighted by atomic mass is 32.2. The van der Waals surface area contributed by atoms with Crippen LogP contribution in [0.1, 0.15) is 44.1 Å². The standard InChI is InChI=1S/C31H32N4O7S/c1-4-5-9-26-34-29(37)28(30(38)35(26)27-23(41-2)7-6-8-24(27)42-3)43(39,40)22-12-10-20(11-13-22)21-14-17-32-25(18-21)31(15-16-31)33-19-36/h6-8,10-14,17-19,38H,4-5,9,15-16H2,1-3H3,(H,33,36). The number of pyridine rings is 1. The summed E-state index contributed by atoms with van der Waals surface area (Å²) < 4.78 is 40.0. The first-order valence-electron chi connectivity index (χ1n) is 13.8. The molecule has 2 aromatic carbocycles. The molecule has 1 amide bonds. The number of carbonyl (C=O) groups is 1. The van der Waals surface area contributed by atoms with E-state index in [-0.39, 0.29) is 16.4 Å². The molecule has 12 heteroatoms. The molecule has 0 bridgehead atoms. The summed E-state index contributed by atoms with van der Waals surface area (Å²) >= 11 is 0. The van der Waals surface area contributed by atoms with E-state index >= 15 is 0 Å². The number of carbonyl (C=O) groups excluding carboxylic acids is 1. The van der Waals surface area contributed by atoms with Crippen LogP contribution >= 0.6 is 0 Å². The van der Waals surface area contributed by atoms with Gasteiger partial charge in [0.05, 0.1) is 30.3 Å². The number of aromatic hydroxyl groups is 1. The number of unbranched alkanes of at least 4 members (excludes halogenated alkanes) is 1. The summed E-state index contributed by atoms with van der Waals surface area (Å²) in [6, 6.07) is 14.6. The second-order valence-corrected chi connectivity index (χ2v) is 12.1. The van der Waals surface area contributed by atoms with Crippen LogP contribution < -0.4 is 20.3 Å². The Morgan fingerprint density at radius 1 is 1.05 bits per heavy atom. The molecule has 2 aromatic heterocycles. The molecule has 0 aliphatic heterocycles. The second-order valence-electron chi connectivity index (χ2n) is 10.2. The van der Waals surface area contributed by atoms with Gasteiger partial charge < -0.3 is 19.9 Å². The van der Waals surface area contributed by atoms with Crippen LogP contribution in [-0.4, -0.2) is 48.7 Å². The number of rotatable bonds is 12. The topological polar surface area (TPSA) is 150 Å². The molecule has 224 valence electrons. The predicted molar refractivity (Wildman–Crippen MR) is 158 cm³/mol. The van der Waals surface area contributed by atoms with E-state index in [9.17, 15) is 23.1 Å². The number of ether oxygens (including phenoxy) is 2. The number of amides is 1. The van der Waals surface area contributed by atoms with Gasteiger partial charge in [0.25, 0.3) is 5.56 Å². The number of nitrogens with zero attached hydrogens (tertiary/aromatic N) is 3. The van der Waals surface area contributed by atoms with Gasteiger partial charge in [-0.15, -0.1) is 0 Å². The highest BCUT2D eigenvalue weighted by Crippen LogP contribution is 2.45. The van der Waals surface area contributed by atoms with Crippen molar-refractivity contribution in [2.75, 3.05) is 14.2 Å². The number of hydrogen-bond donors (Lipinski definition) is 2. The van der Waals surface area contributed by atoms with Crippen molar-refractivity contribution in [3.8, 4) is 34.2 Å². The van der Waals surface area contributed by atoms with E-state index in [1.807, 2.05) is 13.0 Å². The second kappa shape index (κ2) is 11.9. The monoisotopic (exact) mass is 604 g/mol. The van der Waals surface area contributed by atoms with Crippen LogP contribution in [0, 0.1) is 0 Å². The quantitative estimate of drug-likeness (QED) is 0.229. The Labute approximate surface area is 249 Å². The summed E-state index contributed by atoms with van der Waals surface area (Å²) in [5, 5.41) is 14.4. The maximum absolute atomic E-state index is 13.9. The third kappa shape index (κ3) is 5.45. The molecular formula is C31H32N4O7S. The fourth-order valence-electron chi connectivity index (χ4n) is 5.09. The van der Waals surface area contributed by atoms with Gasteiger partial charge in [-0.1, -0.05) is 31.5 Å². The van der Waals surface area contributed by atoms with E-state index in [1.54, 1.807) is 42.6 Å². The van der Waals surface area contributed by atoms with Gasteiger partial charge in [-0.2, -0.15) is 4.98 Å². The Balaban J connectivity index is 1.60. The van der Waals surface area contributed by atoms with Crippen LogP contribution in [0.25, 0.3) is 16.8 Å². The van der Waals surface area contributed by atoms with Crippen LogP contribution in [0.2, 0.25) is 0 Å². The lowest BCUT2D eigenvalue weighted by molar-refractivity contribution is -0.110. The molecule has 11 nitrogen and oxygen atoms in total. The Morgan fingerprint density at radius 2 is 1.72 bits per heavy atom. The number of aryl methyl sites for hydroxylation is 1. The van der Waals surface area contributed by atoms with E-state index in [2.05, 4.69) is 15.3 Å². The third-order valence-corrected chi connectivity index (χ3v) is 9.37. The van der Waals surface area contributed by atoms with Gasteiger partial charge in [-0.05, 0) is 66.8 Å². The molecule has 5 rings (SSSR count). The maximum Gasteiger partial charge on any atom is 0.296 e. The van der Waals surface area contributed by atoms with Crippen molar-refractivity contribution in [1.29, 1.82) is 0 Å². The SMILES string of the molecule is CCCCc1nc(=O)c(S(=O)(=O)c2ccc(-c3ccnc(C4(NC=O)CC4)c3)cc2)c(O)n1-c1c(OC)cccc1OC. The highest BCUT2D eigenvalue weighted by molar-refractivity contribution is 7.91. The molecule has 0 spiro atoms. The van der Waals surface area contributed by atoms with E-state index in [4.69, 9.17) is 9.47 Å². The third-order valence-electron chi connectivity index (χ3n) is 7.58. The van der Waals surface area contributed by atoms with Crippen LogP contribution in [-0.2, 0) is 26.6 Å². The molecule has 0 radical (unpaired) electrons. The van der Waals surface area contributed by atoms with Crippen LogP contribution in [0.15, 0.2) is 75.4 Å². The fraction of sp³-hybridized carbons (Fsp3) is 0.290. The van der Waals surface area contributed by atoms with Crippen molar-refractivity contribution in [3.05, 3.63) is 82.7 Å². The van der Waals surface area contributed by atoms with E-state index in [1.165, 1.54) is 30.9 Å². The van der Waals surface area contributed by atoms with Gasteiger partial charge >= 0.3 is 0 Å². The molecule has 0 saturated heterocycles. The van der Waals surface area contributed by atoms with Gasteiger partial charge in [-0.25, -0.2) is 8.42 Å². The molecule has 1 aliphatic carbocycles. The number of benzene rings is 2. The molecule has 0 unspecified atom stereocenters. The number of nitrogens with one attached hydrogen (secondary N) is 1. The lowest BCUT2D eigenvalue weighted by Crippen LogP contribution is -2.28. The van der Waals surface area contributed by atoms with Gasteiger partial charge in [0.15, 0.2) is 4.90 Å². The van der Waals surface area contributed by atoms with Gasteiger partial charge in [0.1, 0.15) is 23.0 Å². The van der Waals surface area contributed by atoms with Crippen molar-refractivity contribution < 1.29 is 27.8 Å². The Morgan fingerprint density at radius 3 is 2.30 bits per heavy atom. The minimum absolute atomic E-state index is 0.174. The molecule has 1 aliphatic rings. The summed E-state index contributed by atoms with van der Waals surface area (Å²) in [5.41, 5.74) is 0.899. The molecule has 2 N–H and O–H groups in total. The lowest BCUT2D eigenvalue weighted by Gasteiger charge is -2.21. The molecule has 1 fully saturated rings. The fourth-order valence-corrected chi connectivity index (χ4v) is 6.43. The minimum atomic E-state index is -4.52. The molecule has 1 saturated carbocycles. The Kier molecular flexibility index (Phi) is 8.23. The van der Waals surface area contributed by atoms with Gasteiger partial charge in [-0.3, -0.25) is 19.1 Å². The summed E-state index contributed by atoms with van der Waals surface area (Å²) in [4.78, 5) is 31.8. The molecule has 2 heterocycles. The number of methoxy groups -OCH3 is 2. The largest absolute Gasteiger partial charge is 0.494 e. The average molecular weight is 605 g/mol. The van der Waals surface area contributed by atoms with E-state index in [0.29, 0.717) is 36.3 Å². The summed E-state index contributed by atoms with van der Waals surface area (Å²) in [5.74, 6) is -0.0289. The first kappa shape index (κ1) is 29.8. The van der Waals surface area contributed by atoms with E-state index < -0.39 is 31.7 Å². The zero-order valence-corrected chi connectivity index (χ0v) is 24.8.